The van der Waals surface area contributed by atoms with Crippen molar-refractivity contribution in [3.8, 4) is 12.0 Å². The molecule has 0 radical (unpaired) electrons. The molecule has 0 saturated heterocycles. The fourth-order valence-corrected chi connectivity index (χ4v) is 1.96. The number of anilines is 1. The normalized spacial score (nSPS) is 12.9. The first kappa shape index (κ1) is 18.5. The standard InChI is InChI=1S/C13H16F3N5O4/c1-4-5-6(2)24-11-19-8(17)7-9(20-11)21(12(18-7)23-3)25-10(22)13(14,15)16/h6H,4-5H2,1-3H3,(H2,17,19,20). The van der Waals surface area contributed by atoms with Gasteiger partial charge in [-0.05, 0) is 13.3 Å². The lowest BCUT2D eigenvalue weighted by molar-refractivity contribution is -0.199. The fourth-order valence-electron chi connectivity index (χ4n) is 1.96. The fraction of sp³-hybridized carbons (Fsp3) is 0.538. The largest absolute Gasteiger partial charge is 0.493 e. The van der Waals surface area contributed by atoms with Crippen LogP contribution in [-0.4, -0.2) is 45.0 Å². The van der Waals surface area contributed by atoms with Gasteiger partial charge in [-0.15, -0.1) is 0 Å². The molecule has 0 bridgehead atoms. The number of carbonyl (C=O) groups excluding carboxylic acids is 1. The van der Waals surface area contributed by atoms with Crippen molar-refractivity contribution in [1.29, 1.82) is 0 Å². The maximum Gasteiger partial charge on any atom is 0.493 e. The van der Waals surface area contributed by atoms with Gasteiger partial charge in [-0.1, -0.05) is 18.1 Å². The zero-order valence-electron chi connectivity index (χ0n) is 13.6. The van der Waals surface area contributed by atoms with Gasteiger partial charge in [0.05, 0.1) is 13.2 Å². The molecule has 0 aliphatic rings. The van der Waals surface area contributed by atoms with Crippen LogP contribution in [0.2, 0.25) is 0 Å². The van der Waals surface area contributed by atoms with Crippen molar-refractivity contribution in [2.24, 2.45) is 0 Å². The first-order valence-corrected chi connectivity index (χ1v) is 7.23. The summed E-state index contributed by atoms with van der Waals surface area (Å²) < 4.78 is 48.0. The van der Waals surface area contributed by atoms with Gasteiger partial charge in [-0.2, -0.15) is 28.1 Å². The number of halogens is 3. The Hall–Kier alpha value is -2.79. The highest BCUT2D eigenvalue weighted by atomic mass is 19.4. The Bertz CT molecular complexity index is 777. The van der Waals surface area contributed by atoms with Crippen LogP contribution in [-0.2, 0) is 4.79 Å². The average molecular weight is 363 g/mol. The minimum Gasteiger partial charge on any atom is -0.466 e. The second kappa shape index (κ2) is 6.99. The minimum atomic E-state index is -5.21. The molecule has 2 N–H and O–H groups in total. The Kier molecular flexibility index (Phi) is 5.18. The van der Waals surface area contributed by atoms with Crippen LogP contribution < -0.4 is 20.0 Å². The molecule has 25 heavy (non-hydrogen) atoms. The van der Waals surface area contributed by atoms with Crippen LogP contribution in [0.1, 0.15) is 26.7 Å². The highest BCUT2D eigenvalue weighted by molar-refractivity contribution is 5.84. The van der Waals surface area contributed by atoms with Gasteiger partial charge in [0.2, 0.25) is 5.65 Å². The number of hydrogen-bond donors (Lipinski definition) is 1. The number of hydrogen-bond acceptors (Lipinski definition) is 8. The van der Waals surface area contributed by atoms with Crippen molar-refractivity contribution in [3.05, 3.63) is 0 Å². The van der Waals surface area contributed by atoms with Crippen molar-refractivity contribution >= 4 is 23.0 Å². The summed E-state index contributed by atoms with van der Waals surface area (Å²) >= 11 is 0. The lowest BCUT2D eigenvalue weighted by Crippen LogP contribution is -2.33. The molecule has 138 valence electrons. The third-order valence-corrected chi connectivity index (χ3v) is 3.04. The number of nitrogens with two attached hydrogens (primary N) is 1. The summed E-state index contributed by atoms with van der Waals surface area (Å²) in [4.78, 5) is 27.0. The summed E-state index contributed by atoms with van der Waals surface area (Å²) in [6, 6.07) is -0.634. The Labute approximate surface area is 139 Å². The molecule has 0 aliphatic carbocycles. The highest BCUT2D eigenvalue weighted by Gasteiger charge is 2.43. The molecule has 1 atom stereocenters. The summed E-state index contributed by atoms with van der Waals surface area (Å²) in [6.45, 7) is 3.73. The number of fused-ring (bicyclic) bond motifs is 1. The molecule has 12 heteroatoms. The van der Waals surface area contributed by atoms with E-state index in [1.165, 1.54) is 0 Å². The molecule has 0 fully saturated rings. The summed E-state index contributed by atoms with van der Waals surface area (Å²) in [6.07, 6.45) is -3.92. The van der Waals surface area contributed by atoms with E-state index in [1.54, 1.807) is 6.92 Å². The van der Waals surface area contributed by atoms with Crippen LogP contribution in [0, 0.1) is 0 Å². The van der Waals surface area contributed by atoms with E-state index in [9.17, 15) is 18.0 Å². The summed E-state index contributed by atoms with van der Waals surface area (Å²) in [5.74, 6) is -2.63. The Morgan fingerprint density at radius 2 is 2.00 bits per heavy atom. The molecule has 2 aromatic heterocycles. The molecular weight excluding hydrogens is 347 g/mol. The minimum absolute atomic E-state index is 0.0951. The Balaban J connectivity index is 2.48. The van der Waals surface area contributed by atoms with Gasteiger partial charge in [0.15, 0.2) is 11.3 Å². The van der Waals surface area contributed by atoms with E-state index in [0.717, 1.165) is 13.5 Å². The highest BCUT2D eigenvalue weighted by Crippen LogP contribution is 2.26. The number of rotatable bonds is 6. The van der Waals surface area contributed by atoms with E-state index in [4.69, 9.17) is 15.2 Å². The van der Waals surface area contributed by atoms with Crippen molar-refractivity contribution in [3.63, 3.8) is 0 Å². The quantitative estimate of drug-likeness (QED) is 0.821. The topological polar surface area (TPSA) is 114 Å². The van der Waals surface area contributed by atoms with Crippen LogP contribution in [0.3, 0.4) is 0 Å². The van der Waals surface area contributed by atoms with Gasteiger partial charge in [0.1, 0.15) is 0 Å². The van der Waals surface area contributed by atoms with E-state index in [-0.39, 0.29) is 29.1 Å². The van der Waals surface area contributed by atoms with Crippen molar-refractivity contribution in [1.82, 2.24) is 19.7 Å². The van der Waals surface area contributed by atoms with Crippen molar-refractivity contribution in [2.75, 3.05) is 12.8 Å². The predicted octanol–water partition coefficient (Wildman–Crippen LogP) is 1.50. The van der Waals surface area contributed by atoms with E-state index in [0.29, 0.717) is 11.2 Å². The molecular formula is C13H16F3N5O4. The number of methoxy groups -OCH3 is 1. The van der Waals surface area contributed by atoms with Crippen LogP contribution in [0.15, 0.2) is 0 Å². The number of nitrogen functional groups attached to an aromatic ring is 1. The van der Waals surface area contributed by atoms with Gasteiger partial charge in [-0.3, -0.25) is 0 Å². The summed E-state index contributed by atoms with van der Waals surface area (Å²) in [7, 11) is 1.13. The zero-order valence-corrected chi connectivity index (χ0v) is 13.6. The maximum absolute atomic E-state index is 12.5. The number of imidazole rings is 1. The zero-order chi connectivity index (χ0) is 18.8. The average Bonchev–Trinajstić information content (AvgIpc) is 2.85. The van der Waals surface area contributed by atoms with Gasteiger partial charge in [0, 0.05) is 0 Å². The smallest absolute Gasteiger partial charge is 0.466 e. The van der Waals surface area contributed by atoms with Crippen molar-refractivity contribution in [2.45, 2.75) is 39.0 Å². The maximum atomic E-state index is 12.5. The second-order valence-corrected chi connectivity index (χ2v) is 5.05. The molecule has 1 unspecified atom stereocenters. The first-order chi connectivity index (χ1) is 11.7. The molecule has 0 saturated carbocycles. The molecule has 9 nitrogen and oxygen atoms in total. The lowest BCUT2D eigenvalue weighted by Gasteiger charge is -2.12. The number of nitrogens with zero attached hydrogens (tertiary/aromatic N) is 4. The Morgan fingerprint density at radius 3 is 2.56 bits per heavy atom. The summed E-state index contributed by atoms with van der Waals surface area (Å²) in [5.41, 5.74) is 5.35. The molecule has 0 amide bonds. The lowest BCUT2D eigenvalue weighted by atomic mass is 10.2. The van der Waals surface area contributed by atoms with Gasteiger partial charge >= 0.3 is 24.2 Å². The van der Waals surface area contributed by atoms with E-state index in [2.05, 4.69) is 19.8 Å². The SMILES string of the molecule is CCCC(C)Oc1nc(N)c2nc(OC)n(OC(=O)C(F)(F)F)c2n1. The van der Waals surface area contributed by atoms with E-state index in [1.807, 2.05) is 6.92 Å². The number of carbonyl (C=O) groups is 1. The predicted molar refractivity (Wildman–Crippen MR) is 78.9 cm³/mol. The first-order valence-electron chi connectivity index (χ1n) is 7.23. The third kappa shape index (κ3) is 4.00. The molecule has 0 spiro atoms. The van der Waals surface area contributed by atoms with Crippen LogP contribution >= 0.6 is 0 Å². The van der Waals surface area contributed by atoms with Crippen molar-refractivity contribution < 1.29 is 32.3 Å². The second-order valence-electron chi connectivity index (χ2n) is 5.05. The van der Waals surface area contributed by atoms with Gasteiger partial charge in [0.25, 0.3) is 0 Å². The molecule has 2 aromatic rings. The number of ether oxygens (including phenoxy) is 2. The van der Waals surface area contributed by atoms with E-state index < -0.39 is 18.2 Å². The number of aromatic nitrogens is 4. The molecule has 0 aliphatic heterocycles. The van der Waals surface area contributed by atoms with Crippen LogP contribution in [0.25, 0.3) is 11.2 Å². The van der Waals surface area contributed by atoms with Gasteiger partial charge < -0.3 is 20.0 Å². The van der Waals surface area contributed by atoms with Crippen LogP contribution in [0.4, 0.5) is 19.0 Å². The van der Waals surface area contributed by atoms with E-state index >= 15 is 0 Å². The number of alkyl halides is 3. The monoisotopic (exact) mass is 363 g/mol. The summed E-state index contributed by atoms with van der Waals surface area (Å²) in [5, 5.41) is 0. The Morgan fingerprint density at radius 1 is 1.32 bits per heavy atom. The van der Waals surface area contributed by atoms with Crippen LogP contribution in [0.5, 0.6) is 12.0 Å². The third-order valence-electron chi connectivity index (χ3n) is 3.04. The van der Waals surface area contributed by atoms with Gasteiger partial charge in [-0.25, -0.2) is 4.79 Å². The molecule has 2 heterocycles. The molecule has 0 aromatic carbocycles. The molecule has 2 rings (SSSR count).